The zero-order valence-corrected chi connectivity index (χ0v) is 15.6. The van der Waals surface area contributed by atoms with E-state index in [9.17, 15) is 4.79 Å². The summed E-state index contributed by atoms with van der Waals surface area (Å²) in [6.07, 6.45) is 3.37. The molecule has 0 aliphatic carbocycles. The summed E-state index contributed by atoms with van der Waals surface area (Å²) in [6.45, 7) is 3.87. The molecule has 0 unspecified atom stereocenters. The normalized spacial score (nSPS) is 10.8. The van der Waals surface area contributed by atoms with Gasteiger partial charge in [-0.1, -0.05) is 12.1 Å². The summed E-state index contributed by atoms with van der Waals surface area (Å²) in [5.41, 5.74) is 4.86. The van der Waals surface area contributed by atoms with Crippen molar-refractivity contribution in [3.63, 3.8) is 0 Å². The number of rotatable bonds is 5. The van der Waals surface area contributed by atoms with Gasteiger partial charge in [-0.05, 0) is 55.3 Å². The van der Waals surface area contributed by atoms with Gasteiger partial charge >= 0.3 is 0 Å². The van der Waals surface area contributed by atoms with Crippen molar-refractivity contribution in [1.82, 2.24) is 9.97 Å². The Morgan fingerprint density at radius 1 is 1.07 bits per heavy atom. The van der Waals surface area contributed by atoms with E-state index >= 15 is 0 Å². The quantitative estimate of drug-likeness (QED) is 0.556. The molecule has 0 atom stereocenters. The van der Waals surface area contributed by atoms with E-state index in [1.54, 1.807) is 24.5 Å². The molecule has 2 aromatic heterocycles. The molecule has 0 spiro atoms. The zero-order valence-electron chi connectivity index (χ0n) is 15.6. The van der Waals surface area contributed by atoms with E-state index in [1.807, 2.05) is 50.2 Å². The summed E-state index contributed by atoms with van der Waals surface area (Å²) in [6, 6.07) is 14.9. The molecule has 6 heteroatoms. The molecule has 6 nitrogen and oxygen atoms in total. The molecule has 0 bridgehead atoms. The molecule has 0 saturated heterocycles. The topological polar surface area (TPSA) is 77.2 Å². The van der Waals surface area contributed by atoms with Gasteiger partial charge < -0.3 is 14.5 Å². The molecule has 1 N–H and O–H groups in total. The fraction of sp³-hybridized carbons (Fsp3) is 0.136. The van der Waals surface area contributed by atoms with E-state index in [0.29, 0.717) is 22.9 Å². The highest BCUT2D eigenvalue weighted by Gasteiger charge is 2.11. The summed E-state index contributed by atoms with van der Waals surface area (Å²) in [5.74, 6) is 0.982. The highest BCUT2D eigenvalue weighted by Crippen LogP contribution is 2.26. The predicted molar refractivity (Wildman–Crippen MR) is 107 cm³/mol. The number of nitrogens with one attached hydrogen (secondary N) is 1. The number of hydrogen-bond donors (Lipinski definition) is 1. The third kappa shape index (κ3) is 3.86. The Morgan fingerprint density at radius 3 is 2.71 bits per heavy atom. The predicted octanol–water partition coefficient (Wildman–Crippen LogP) is 4.52. The minimum absolute atomic E-state index is 0.0685. The van der Waals surface area contributed by atoms with Crippen molar-refractivity contribution < 1.29 is 13.9 Å². The van der Waals surface area contributed by atoms with Crippen LogP contribution in [-0.4, -0.2) is 22.5 Å². The maximum atomic E-state index is 12.3. The van der Waals surface area contributed by atoms with E-state index in [2.05, 4.69) is 15.3 Å². The number of fused-ring (bicyclic) bond motifs is 1. The fourth-order valence-corrected chi connectivity index (χ4v) is 2.82. The molecule has 2 aromatic carbocycles. The molecule has 0 saturated carbocycles. The van der Waals surface area contributed by atoms with Crippen LogP contribution in [0.4, 0.5) is 5.69 Å². The fourth-order valence-electron chi connectivity index (χ4n) is 2.82. The van der Waals surface area contributed by atoms with E-state index in [1.165, 1.54) is 0 Å². The Bertz CT molecular complexity index is 1140. The second-order valence-electron chi connectivity index (χ2n) is 6.54. The van der Waals surface area contributed by atoms with Crippen molar-refractivity contribution in [1.29, 1.82) is 0 Å². The smallest absolute Gasteiger partial charge is 0.262 e. The molecular formula is C22H19N3O3. The van der Waals surface area contributed by atoms with Crippen LogP contribution in [-0.2, 0) is 4.79 Å². The Morgan fingerprint density at radius 2 is 1.89 bits per heavy atom. The van der Waals surface area contributed by atoms with E-state index < -0.39 is 0 Å². The molecule has 4 rings (SSSR count). The Kier molecular flexibility index (Phi) is 4.76. The molecular weight excluding hydrogens is 354 g/mol. The molecule has 0 aliphatic rings. The van der Waals surface area contributed by atoms with Crippen LogP contribution in [0.15, 0.2) is 65.3 Å². The number of nitrogens with zero attached hydrogens (tertiary/aromatic N) is 2. The van der Waals surface area contributed by atoms with Gasteiger partial charge in [-0.15, -0.1) is 0 Å². The summed E-state index contributed by atoms with van der Waals surface area (Å²) >= 11 is 0. The molecule has 4 aromatic rings. The first-order valence-corrected chi connectivity index (χ1v) is 8.89. The average molecular weight is 373 g/mol. The van der Waals surface area contributed by atoms with Gasteiger partial charge in [0.1, 0.15) is 11.3 Å². The Hall–Kier alpha value is -3.67. The van der Waals surface area contributed by atoms with Crippen LogP contribution in [0.25, 0.3) is 22.6 Å². The lowest BCUT2D eigenvalue weighted by molar-refractivity contribution is -0.118. The van der Waals surface area contributed by atoms with Crippen molar-refractivity contribution in [3.05, 3.63) is 72.1 Å². The van der Waals surface area contributed by atoms with Gasteiger partial charge in [0.25, 0.3) is 5.91 Å². The van der Waals surface area contributed by atoms with Gasteiger partial charge in [0.15, 0.2) is 12.2 Å². The number of carbonyl (C=O) groups is 1. The number of anilines is 1. The number of amides is 1. The molecule has 140 valence electrons. The van der Waals surface area contributed by atoms with Crippen LogP contribution in [0, 0.1) is 13.8 Å². The Balaban J connectivity index is 1.45. The van der Waals surface area contributed by atoms with Gasteiger partial charge in [0.2, 0.25) is 5.89 Å². The average Bonchev–Trinajstić information content (AvgIpc) is 3.13. The van der Waals surface area contributed by atoms with Crippen molar-refractivity contribution in [2.75, 3.05) is 11.9 Å². The zero-order chi connectivity index (χ0) is 19.5. The van der Waals surface area contributed by atoms with Crippen molar-refractivity contribution in [2.24, 2.45) is 0 Å². The number of carbonyl (C=O) groups excluding carboxylic acids is 1. The number of aromatic nitrogens is 2. The van der Waals surface area contributed by atoms with Crippen LogP contribution < -0.4 is 10.1 Å². The molecule has 0 radical (unpaired) electrons. The summed E-state index contributed by atoms with van der Waals surface area (Å²) < 4.78 is 11.5. The summed E-state index contributed by atoms with van der Waals surface area (Å²) in [5, 5.41) is 2.83. The minimum atomic E-state index is -0.242. The number of hydrogen-bond acceptors (Lipinski definition) is 5. The maximum Gasteiger partial charge on any atom is 0.262 e. The first kappa shape index (κ1) is 17.7. The lowest BCUT2D eigenvalue weighted by atomic mass is 10.1. The first-order chi connectivity index (χ1) is 13.6. The highest BCUT2D eigenvalue weighted by molar-refractivity contribution is 5.94. The van der Waals surface area contributed by atoms with Crippen molar-refractivity contribution in [3.8, 4) is 17.2 Å². The van der Waals surface area contributed by atoms with Crippen molar-refractivity contribution >= 4 is 22.7 Å². The Labute approximate surface area is 162 Å². The lowest BCUT2D eigenvalue weighted by Crippen LogP contribution is -2.20. The van der Waals surface area contributed by atoms with E-state index in [-0.39, 0.29) is 12.5 Å². The number of ether oxygens (including phenoxy) is 1. The number of aryl methyl sites for hydroxylation is 2. The van der Waals surface area contributed by atoms with Crippen LogP contribution in [0.1, 0.15) is 11.1 Å². The molecule has 0 fully saturated rings. The second kappa shape index (κ2) is 7.52. The number of oxazole rings is 1. The van der Waals surface area contributed by atoms with Gasteiger partial charge in [-0.25, -0.2) is 4.98 Å². The maximum absolute atomic E-state index is 12.3. The standard InChI is InChI=1S/C22H19N3O3/c1-14-3-4-15(2)19(11-14)27-13-21(26)24-17-5-6-18-20(12-17)28-22(25-18)16-7-9-23-10-8-16/h3-12H,13H2,1-2H3,(H,24,26). The summed E-state index contributed by atoms with van der Waals surface area (Å²) in [7, 11) is 0. The van der Waals surface area contributed by atoms with Crippen LogP contribution in [0.5, 0.6) is 5.75 Å². The molecule has 28 heavy (non-hydrogen) atoms. The van der Waals surface area contributed by atoms with Crippen LogP contribution in [0.2, 0.25) is 0 Å². The van der Waals surface area contributed by atoms with E-state index in [0.717, 1.165) is 22.2 Å². The lowest BCUT2D eigenvalue weighted by Gasteiger charge is -2.10. The van der Waals surface area contributed by atoms with Gasteiger partial charge in [0, 0.05) is 29.7 Å². The minimum Gasteiger partial charge on any atom is -0.483 e. The third-order valence-corrected chi connectivity index (χ3v) is 4.30. The second-order valence-corrected chi connectivity index (χ2v) is 6.54. The van der Waals surface area contributed by atoms with E-state index in [4.69, 9.17) is 9.15 Å². The first-order valence-electron chi connectivity index (χ1n) is 8.89. The van der Waals surface area contributed by atoms with Crippen LogP contribution in [0.3, 0.4) is 0 Å². The third-order valence-electron chi connectivity index (χ3n) is 4.30. The van der Waals surface area contributed by atoms with Crippen LogP contribution >= 0.6 is 0 Å². The van der Waals surface area contributed by atoms with Crippen molar-refractivity contribution in [2.45, 2.75) is 13.8 Å². The largest absolute Gasteiger partial charge is 0.483 e. The highest BCUT2D eigenvalue weighted by atomic mass is 16.5. The number of benzene rings is 2. The SMILES string of the molecule is Cc1ccc(C)c(OCC(=O)Nc2ccc3nc(-c4ccncc4)oc3c2)c1. The monoisotopic (exact) mass is 373 g/mol. The van der Waals surface area contributed by atoms with Gasteiger partial charge in [-0.2, -0.15) is 0 Å². The number of pyridine rings is 1. The molecule has 0 aliphatic heterocycles. The molecule has 1 amide bonds. The van der Waals surface area contributed by atoms with Gasteiger partial charge in [-0.3, -0.25) is 9.78 Å². The molecule has 2 heterocycles. The van der Waals surface area contributed by atoms with Gasteiger partial charge in [0.05, 0.1) is 0 Å². The summed E-state index contributed by atoms with van der Waals surface area (Å²) in [4.78, 5) is 20.7.